The van der Waals surface area contributed by atoms with Crippen LogP contribution in [0.4, 0.5) is 5.69 Å². The van der Waals surface area contributed by atoms with Crippen molar-refractivity contribution in [2.75, 3.05) is 18.5 Å². The molecule has 0 saturated heterocycles. The lowest BCUT2D eigenvalue weighted by molar-refractivity contribution is -0.116. The minimum Gasteiger partial charge on any atom is -0.481 e. The highest BCUT2D eigenvalue weighted by Crippen LogP contribution is 2.16. The van der Waals surface area contributed by atoms with Crippen LogP contribution in [-0.4, -0.2) is 25.0 Å². The first-order valence-electron chi connectivity index (χ1n) is 7.59. The zero-order valence-electron chi connectivity index (χ0n) is 13.7. The maximum Gasteiger partial charge on any atom is 0.244 e. The Balaban J connectivity index is 1.69. The highest BCUT2D eigenvalue weighted by Gasteiger charge is 1.98. The zero-order chi connectivity index (χ0) is 17.9. The second kappa shape index (κ2) is 9.63. The van der Waals surface area contributed by atoms with Crippen LogP contribution in [-0.2, 0) is 9.59 Å². The van der Waals surface area contributed by atoms with Gasteiger partial charge in [-0.05, 0) is 30.3 Å². The van der Waals surface area contributed by atoms with Gasteiger partial charge in [0.05, 0.1) is 12.8 Å². The molecule has 0 aliphatic rings. The molecular formula is C19H18N2O4. The lowest BCUT2D eigenvalue weighted by atomic mass is 10.3. The molecule has 25 heavy (non-hydrogen) atoms. The summed E-state index contributed by atoms with van der Waals surface area (Å²) in [5.74, 6) is 6.41. The summed E-state index contributed by atoms with van der Waals surface area (Å²) in [6, 6.07) is 10.5. The van der Waals surface area contributed by atoms with Crippen molar-refractivity contribution in [1.82, 2.24) is 5.32 Å². The van der Waals surface area contributed by atoms with E-state index in [0.29, 0.717) is 17.2 Å². The van der Waals surface area contributed by atoms with E-state index in [4.69, 9.17) is 9.15 Å². The molecule has 2 rings (SSSR count). The monoisotopic (exact) mass is 338 g/mol. The third kappa shape index (κ3) is 7.10. The van der Waals surface area contributed by atoms with Crippen molar-refractivity contribution in [1.29, 1.82) is 0 Å². The van der Waals surface area contributed by atoms with Crippen molar-refractivity contribution >= 4 is 23.6 Å². The Kier molecular flexibility index (Phi) is 6.89. The average Bonchev–Trinajstić information content (AvgIpc) is 3.09. The van der Waals surface area contributed by atoms with E-state index in [1.807, 2.05) is 0 Å². The lowest BCUT2D eigenvalue weighted by Crippen LogP contribution is -2.21. The van der Waals surface area contributed by atoms with Crippen molar-refractivity contribution < 1.29 is 18.7 Å². The summed E-state index contributed by atoms with van der Waals surface area (Å²) in [6.45, 7) is 1.84. The van der Waals surface area contributed by atoms with Crippen molar-refractivity contribution in [2.45, 2.75) is 6.92 Å². The van der Waals surface area contributed by atoms with Gasteiger partial charge in [0.2, 0.25) is 11.8 Å². The molecule has 0 aliphatic carbocycles. The van der Waals surface area contributed by atoms with Gasteiger partial charge in [-0.1, -0.05) is 17.9 Å². The van der Waals surface area contributed by atoms with Crippen LogP contribution in [0.3, 0.4) is 0 Å². The number of amides is 2. The van der Waals surface area contributed by atoms with Crippen molar-refractivity contribution in [3.63, 3.8) is 0 Å². The van der Waals surface area contributed by atoms with Gasteiger partial charge in [-0.15, -0.1) is 0 Å². The van der Waals surface area contributed by atoms with Gasteiger partial charge in [0.25, 0.3) is 0 Å². The molecule has 0 radical (unpaired) electrons. The van der Waals surface area contributed by atoms with Gasteiger partial charge >= 0.3 is 0 Å². The second-order valence-electron chi connectivity index (χ2n) is 4.92. The number of benzene rings is 1. The van der Waals surface area contributed by atoms with Gasteiger partial charge in [-0.2, -0.15) is 0 Å². The van der Waals surface area contributed by atoms with Gasteiger partial charge < -0.3 is 19.8 Å². The quantitative estimate of drug-likeness (QED) is 0.626. The molecule has 2 amide bonds. The van der Waals surface area contributed by atoms with Gasteiger partial charge in [-0.25, -0.2) is 0 Å². The molecule has 2 aromatic rings. The summed E-state index contributed by atoms with van der Waals surface area (Å²) in [5.41, 5.74) is 0.661. The van der Waals surface area contributed by atoms with Crippen LogP contribution in [0.25, 0.3) is 6.08 Å². The number of furan rings is 1. The fourth-order valence-electron chi connectivity index (χ4n) is 1.83. The van der Waals surface area contributed by atoms with Gasteiger partial charge in [0, 0.05) is 24.8 Å². The summed E-state index contributed by atoms with van der Waals surface area (Å²) < 4.78 is 10.5. The van der Waals surface area contributed by atoms with Crippen LogP contribution in [0.2, 0.25) is 0 Å². The summed E-state index contributed by atoms with van der Waals surface area (Å²) in [6.07, 6.45) is 4.49. The van der Waals surface area contributed by atoms with E-state index < -0.39 is 0 Å². The molecule has 0 atom stereocenters. The fourth-order valence-corrected chi connectivity index (χ4v) is 1.83. The Hall–Kier alpha value is -3.46. The number of hydrogen-bond donors (Lipinski definition) is 2. The van der Waals surface area contributed by atoms with Crippen LogP contribution in [0.5, 0.6) is 5.75 Å². The van der Waals surface area contributed by atoms with Crippen molar-refractivity contribution in [2.24, 2.45) is 0 Å². The third-order valence-corrected chi connectivity index (χ3v) is 2.88. The van der Waals surface area contributed by atoms with E-state index in [1.54, 1.807) is 42.5 Å². The Morgan fingerprint density at radius 1 is 1.24 bits per heavy atom. The predicted molar refractivity (Wildman–Crippen MR) is 94.8 cm³/mol. The summed E-state index contributed by atoms with van der Waals surface area (Å²) >= 11 is 0. The summed E-state index contributed by atoms with van der Waals surface area (Å²) in [5, 5.41) is 5.31. The minimum absolute atomic E-state index is 0.145. The predicted octanol–water partition coefficient (Wildman–Crippen LogP) is 2.45. The Bertz CT molecular complexity index is 798. The number of rotatable bonds is 6. The van der Waals surface area contributed by atoms with E-state index in [1.165, 1.54) is 19.3 Å². The summed E-state index contributed by atoms with van der Waals surface area (Å²) in [4.78, 5) is 22.6. The molecule has 1 aromatic heterocycles. The molecule has 1 heterocycles. The number of hydrogen-bond acceptors (Lipinski definition) is 4. The Morgan fingerprint density at radius 2 is 2.12 bits per heavy atom. The first-order valence-corrected chi connectivity index (χ1v) is 7.59. The van der Waals surface area contributed by atoms with E-state index >= 15 is 0 Å². The first kappa shape index (κ1) is 17.9. The molecule has 6 nitrogen and oxygen atoms in total. The second-order valence-corrected chi connectivity index (χ2v) is 4.92. The number of anilines is 1. The summed E-state index contributed by atoms with van der Waals surface area (Å²) in [7, 11) is 0. The van der Waals surface area contributed by atoms with Gasteiger partial charge in [-0.3, -0.25) is 9.59 Å². The molecule has 0 fully saturated rings. The molecule has 128 valence electrons. The van der Waals surface area contributed by atoms with Crippen LogP contribution >= 0.6 is 0 Å². The molecule has 1 aromatic carbocycles. The molecule has 0 spiro atoms. The van der Waals surface area contributed by atoms with Crippen LogP contribution < -0.4 is 15.4 Å². The van der Waals surface area contributed by atoms with Crippen LogP contribution in [0.1, 0.15) is 12.7 Å². The highest BCUT2D eigenvalue weighted by atomic mass is 16.5. The maximum absolute atomic E-state index is 11.5. The van der Waals surface area contributed by atoms with E-state index in [9.17, 15) is 9.59 Å². The molecule has 0 aliphatic heterocycles. The van der Waals surface area contributed by atoms with Gasteiger partial charge in [0.1, 0.15) is 18.1 Å². The van der Waals surface area contributed by atoms with Crippen molar-refractivity contribution in [3.8, 4) is 17.6 Å². The van der Waals surface area contributed by atoms with Crippen LogP contribution in [0.15, 0.2) is 53.2 Å². The number of carbonyl (C=O) groups excluding carboxylic acids is 2. The first-order chi connectivity index (χ1) is 12.1. The number of nitrogens with one attached hydrogen (secondary N) is 2. The molecule has 0 bridgehead atoms. The lowest BCUT2D eigenvalue weighted by Gasteiger charge is -2.05. The largest absolute Gasteiger partial charge is 0.481 e. The Labute approximate surface area is 145 Å². The number of ether oxygens (including phenoxy) is 1. The molecule has 6 heteroatoms. The topological polar surface area (TPSA) is 80.6 Å². The standard InChI is InChI=1S/C19H18N2O4/c1-15(22)21-16-6-4-7-18(14-16)25-12-3-2-11-20-19(23)10-9-17-8-5-13-24-17/h4-10,13-14H,11-12H2,1H3,(H,20,23)(H,21,22)/b10-9+. The maximum atomic E-state index is 11.5. The smallest absolute Gasteiger partial charge is 0.244 e. The SMILES string of the molecule is CC(=O)Nc1cccc(OCC#CCNC(=O)/C=C/c2ccco2)c1. The van der Waals surface area contributed by atoms with E-state index in [-0.39, 0.29) is 25.0 Å². The highest BCUT2D eigenvalue weighted by molar-refractivity contribution is 5.91. The molecule has 0 unspecified atom stereocenters. The average molecular weight is 338 g/mol. The minimum atomic E-state index is -0.255. The fraction of sp³-hybridized carbons (Fsp3) is 0.158. The van der Waals surface area contributed by atoms with E-state index in [2.05, 4.69) is 22.5 Å². The van der Waals surface area contributed by atoms with Crippen molar-refractivity contribution in [3.05, 3.63) is 54.5 Å². The van der Waals surface area contributed by atoms with E-state index in [0.717, 1.165) is 0 Å². The van der Waals surface area contributed by atoms with Crippen LogP contribution in [0, 0.1) is 11.8 Å². The number of carbonyl (C=O) groups is 2. The third-order valence-electron chi connectivity index (χ3n) is 2.88. The molecule has 2 N–H and O–H groups in total. The molecule has 0 saturated carbocycles. The zero-order valence-corrected chi connectivity index (χ0v) is 13.7. The molecular weight excluding hydrogens is 320 g/mol. The Morgan fingerprint density at radius 3 is 2.88 bits per heavy atom. The normalized spacial score (nSPS) is 9.96. The van der Waals surface area contributed by atoms with Gasteiger partial charge in [0.15, 0.2) is 0 Å².